The summed E-state index contributed by atoms with van der Waals surface area (Å²) in [6, 6.07) is 8.39. The molecule has 1 aliphatic rings. The maximum atomic E-state index is 11.7. The summed E-state index contributed by atoms with van der Waals surface area (Å²) < 4.78 is 5.01. The fourth-order valence-electron chi connectivity index (χ4n) is 2.40. The van der Waals surface area contributed by atoms with Crippen molar-refractivity contribution >= 4 is 11.7 Å². The van der Waals surface area contributed by atoms with Gasteiger partial charge in [0.2, 0.25) is 0 Å². The lowest BCUT2D eigenvalue weighted by atomic mass is 9.99. The van der Waals surface area contributed by atoms with Crippen LogP contribution in [0.1, 0.15) is 25.8 Å². The third-order valence-corrected chi connectivity index (χ3v) is 3.63. The van der Waals surface area contributed by atoms with Gasteiger partial charge in [0.05, 0.1) is 6.61 Å². The maximum absolute atomic E-state index is 11.7. The van der Waals surface area contributed by atoms with Crippen molar-refractivity contribution in [3.05, 3.63) is 29.8 Å². The van der Waals surface area contributed by atoms with Crippen LogP contribution >= 0.6 is 0 Å². The molecule has 104 valence electrons. The van der Waals surface area contributed by atoms with E-state index in [1.807, 2.05) is 6.07 Å². The molecule has 0 aromatic heterocycles. The molecule has 1 aromatic carbocycles. The molecule has 2 N–H and O–H groups in total. The molecule has 2 rings (SSSR count). The highest BCUT2D eigenvalue weighted by molar-refractivity contribution is 5.80. The highest BCUT2D eigenvalue weighted by atomic mass is 16.5. The van der Waals surface area contributed by atoms with Gasteiger partial charge in [-0.3, -0.25) is 4.79 Å². The van der Waals surface area contributed by atoms with Gasteiger partial charge in [-0.15, -0.1) is 0 Å². The molecular formula is C15H22N2O2. The molecule has 0 amide bonds. The van der Waals surface area contributed by atoms with Crippen LogP contribution in [0.15, 0.2) is 24.3 Å². The van der Waals surface area contributed by atoms with Crippen molar-refractivity contribution in [2.75, 3.05) is 24.6 Å². The van der Waals surface area contributed by atoms with Crippen LogP contribution < -0.4 is 10.6 Å². The molecule has 0 saturated carbocycles. The molecule has 4 nitrogen and oxygen atoms in total. The van der Waals surface area contributed by atoms with Gasteiger partial charge in [-0.25, -0.2) is 0 Å². The van der Waals surface area contributed by atoms with E-state index in [4.69, 9.17) is 10.5 Å². The SMILES string of the molecule is CCOC(=O)C(C)(N)CCN1CCc2ccccc21. The summed E-state index contributed by atoms with van der Waals surface area (Å²) in [5.41, 5.74) is 7.77. The van der Waals surface area contributed by atoms with Crippen LogP contribution in [-0.2, 0) is 16.0 Å². The highest BCUT2D eigenvalue weighted by Gasteiger charge is 2.31. The van der Waals surface area contributed by atoms with E-state index in [9.17, 15) is 4.79 Å². The molecular weight excluding hydrogens is 240 g/mol. The zero-order chi connectivity index (χ0) is 13.9. The van der Waals surface area contributed by atoms with E-state index >= 15 is 0 Å². The largest absolute Gasteiger partial charge is 0.465 e. The summed E-state index contributed by atoms with van der Waals surface area (Å²) in [5.74, 6) is -0.317. The van der Waals surface area contributed by atoms with Crippen molar-refractivity contribution < 1.29 is 9.53 Å². The van der Waals surface area contributed by atoms with Crippen molar-refractivity contribution in [2.24, 2.45) is 5.73 Å². The Kier molecular flexibility index (Phi) is 4.10. The van der Waals surface area contributed by atoms with Gasteiger partial charge < -0.3 is 15.4 Å². The standard InChI is InChI=1S/C15H22N2O2/c1-3-19-14(18)15(2,16)9-11-17-10-8-12-6-4-5-7-13(12)17/h4-7H,3,8-11,16H2,1-2H3. The normalized spacial score (nSPS) is 16.9. The summed E-state index contributed by atoms with van der Waals surface area (Å²) >= 11 is 0. The highest BCUT2D eigenvalue weighted by Crippen LogP contribution is 2.28. The number of rotatable bonds is 5. The molecule has 1 atom stereocenters. The quantitative estimate of drug-likeness (QED) is 0.821. The zero-order valence-corrected chi connectivity index (χ0v) is 11.7. The number of carbonyl (C=O) groups excluding carboxylic acids is 1. The van der Waals surface area contributed by atoms with Gasteiger partial charge in [0, 0.05) is 18.8 Å². The van der Waals surface area contributed by atoms with Gasteiger partial charge in [-0.05, 0) is 38.3 Å². The van der Waals surface area contributed by atoms with Crippen LogP contribution in [0.3, 0.4) is 0 Å². The van der Waals surface area contributed by atoms with Crippen molar-refractivity contribution in [1.29, 1.82) is 0 Å². The Morgan fingerprint density at radius 1 is 1.47 bits per heavy atom. The maximum Gasteiger partial charge on any atom is 0.325 e. The van der Waals surface area contributed by atoms with E-state index in [1.165, 1.54) is 11.3 Å². The second-order valence-electron chi connectivity index (χ2n) is 5.25. The average Bonchev–Trinajstić information content (AvgIpc) is 2.80. The monoisotopic (exact) mass is 262 g/mol. The fraction of sp³-hybridized carbons (Fsp3) is 0.533. The lowest BCUT2D eigenvalue weighted by Crippen LogP contribution is -2.48. The van der Waals surface area contributed by atoms with Gasteiger partial charge in [0.25, 0.3) is 0 Å². The molecule has 1 aliphatic heterocycles. The first-order valence-corrected chi connectivity index (χ1v) is 6.83. The van der Waals surface area contributed by atoms with Crippen molar-refractivity contribution in [1.82, 2.24) is 0 Å². The Morgan fingerprint density at radius 3 is 2.95 bits per heavy atom. The lowest BCUT2D eigenvalue weighted by molar-refractivity contribution is -0.149. The van der Waals surface area contributed by atoms with Crippen molar-refractivity contribution in [3.63, 3.8) is 0 Å². The number of benzene rings is 1. The van der Waals surface area contributed by atoms with Gasteiger partial charge in [-0.2, -0.15) is 0 Å². The molecule has 19 heavy (non-hydrogen) atoms. The first-order valence-electron chi connectivity index (χ1n) is 6.83. The number of para-hydroxylation sites is 1. The Bertz CT molecular complexity index is 457. The van der Waals surface area contributed by atoms with Gasteiger partial charge in [-0.1, -0.05) is 18.2 Å². The van der Waals surface area contributed by atoms with Gasteiger partial charge in [0.15, 0.2) is 0 Å². The second-order valence-corrected chi connectivity index (χ2v) is 5.25. The molecule has 0 bridgehead atoms. The number of fused-ring (bicyclic) bond motifs is 1. The molecule has 4 heteroatoms. The minimum absolute atomic E-state index is 0.317. The molecule has 1 heterocycles. The van der Waals surface area contributed by atoms with E-state index in [0.717, 1.165) is 19.5 Å². The number of carbonyl (C=O) groups is 1. The molecule has 0 radical (unpaired) electrons. The molecule has 0 saturated heterocycles. The van der Waals surface area contributed by atoms with Crippen molar-refractivity contribution in [3.8, 4) is 0 Å². The van der Waals surface area contributed by atoms with Crippen LogP contribution in [-0.4, -0.2) is 31.2 Å². The average molecular weight is 262 g/mol. The summed E-state index contributed by atoms with van der Waals surface area (Å²) in [6.07, 6.45) is 1.66. The molecule has 0 spiro atoms. The van der Waals surface area contributed by atoms with Crippen LogP contribution in [0.2, 0.25) is 0 Å². The fourth-order valence-corrected chi connectivity index (χ4v) is 2.40. The molecule has 1 aromatic rings. The molecule has 0 fully saturated rings. The first kappa shape index (κ1) is 13.9. The van der Waals surface area contributed by atoms with Crippen LogP contribution in [0, 0.1) is 0 Å². The molecule has 1 unspecified atom stereocenters. The Morgan fingerprint density at radius 2 is 2.21 bits per heavy atom. The summed E-state index contributed by atoms with van der Waals surface area (Å²) in [5, 5.41) is 0. The summed E-state index contributed by atoms with van der Waals surface area (Å²) in [4.78, 5) is 14.0. The van der Waals surface area contributed by atoms with Gasteiger partial charge >= 0.3 is 5.97 Å². The summed E-state index contributed by atoms with van der Waals surface area (Å²) in [7, 11) is 0. The number of hydrogen-bond acceptors (Lipinski definition) is 4. The third-order valence-electron chi connectivity index (χ3n) is 3.63. The zero-order valence-electron chi connectivity index (χ0n) is 11.7. The van der Waals surface area contributed by atoms with Crippen LogP contribution in [0.25, 0.3) is 0 Å². The number of esters is 1. The number of nitrogens with two attached hydrogens (primary N) is 1. The Hall–Kier alpha value is -1.55. The number of nitrogens with zero attached hydrogens (tertiary/aromatic N) is 1. The van der Waals surface area contributed by atoms with E-state index in [0.29, 0.717) is 13.0 Å². The van der Waals surface area contributed by atoms with E-state index in [1.54, 1.807) is 13.8 Å². The number of anilines is 1. The number of ether oxygens (including phenoxy) is 1. The first-order chi connectivity index (χ1) is 9.04. The number of hydrogen-bond donors (Lipinski definition) is 1. The molecule has 0 aliphatic carbocycles. The van der Waals surface area contributed by atoms with Crippen LogP contribution in [0.4, 0.5) is 5.69 Å². The van der Waals surface area contributed by atoms with Gasteiger partial charge in [0.1, 0.15) is 5.54 Å². The smallest absolute Gasteiger partial charge is 0.325 e. The van der Waals surface area contributed by atoms with E-state index < -0.39 is 5.54 Å². The summed E-state index contributed by atoms with van der Waals surface area (Å²) in [6.45, 7) is 5.69. The lowest BCUT2D eigenvalue weighted by Gasteiger charge is -2.26. The minimum atomic E-state index is -0.909. The van der Waals surface area contributed by atoms with E-state index in [-0.39, 0.29) is 5.97 Å². The van der Waals surface area contributed by atoms with Crippen molar-refractivity contribution in [2.45, 2.75) is 32.2 Å². The minimum Gasteiger partial charge on any atom is -0.465 e. The Labute approximate surface area is 114 Å². The van der Waals surface area contributed by atoms with Crippen LogP contribution in [0.5, 0.6) is 0 Å². The Balaban J connectivity index is 1.95. The topological polar surface area (TPSA) is 55.6 Å². The second kappa shape index (κ2) is 5.61. The predicted octanol–water partition coefficient (Wildman–Crippen LogP) is 1.72. The predicted molar refractivity (Wildman–Crippen MR) is 76.2 cm³/mol. The third kappa shape index (κ3) is 3.07. The van der Waals surface area contributed by atoms with E-state index in [2.05, 4.69) is 23.1 Å².